The van der Waals surface area contributed by atoms with Crippen molar-refractivity contribution in [2.75, 3.05) is 34.0 Å². The molecule has 1 atom stereocenters. The smallest absolute Gasteiger partial charge is 0.224 e. The first kappa shape index (κ1) is 18.8. The van der Waals surface area contributed by atoms with E-state index in [0.717, 1.165) is 30.9 Å². The number of hydrogen-bond acceptors (Lipinski definition) is 6. The van der Waals surface area contributed by atoms with Crippen LogP contribution in [0, 0.1) is 11.7 Å². The van der Waals surface area contributed by atoms with E-state index in [-0.39, 0.29) is 12.1 Å². The quantitative estimate of drug-likeness (QED) is 0.775. The first-order valence-corrected chi connectivity index (χ1v) is 10.2. The Morgan fingerprint density at radius 3 is 2.68 bits per heavy atom. The van der Waals surface area contributed by atoms with Crippen LogP contribution in [0.5, 0.6) is 0 Å². The number of aromatic nitrogens is 2. The van der Waals surface area contributed by atoms with Crippen molar-refractivity contribution in [1.29, 1.82) is 0 Å². The van der Waals surface area contributed by atoms with Gasteiger partial charge in [-0.05, 0) is 30.9 Å². The summed E-state index contributed by atoms with van der Waals surface area (Å²) >= 11 is 0. The maximum atomic E-state index is 14.3. The molecule has 1 unspecified atom stereocenters. The number of fused-ring (bicyclic) bond motifs is 1. The Bertz CT molecular complexity index is 820. The molecule has 0 saturated heterocycles. The average Bonchev–Trinajstić information content (AvgIpc) is 3.29. The fourth-order valence-electron chi connectivity index (χ4n) is 4.06. The molecule has 7 heteroatoms. The summed E-state index contributed by atoms with van der Waals surface area (Å²) in [5, 5.41) is 6.72. The highest BCUT2D eigenvalue weighted by molar-refractivity contribution is 5.76. The summed E-state index contributed by atoms with van der Waals surface area (Å²) in [6, 6.07) is 7.21. The number of anilines is 4. The van der Waals surface area contributed by atoms with Gasteiger partial charge < -0.3 is 20.4 Å². The molecule has 4 rings (SSSR count). The van der Waals surface area contributed by atoms with Gasteiger partial charge in [-0.15, -0.1) is 0 Å². The fraction of sp³-hybridized carbons (Fsp3) is 0.524. The molecule has 28 heavy (non-hydrogen) atoms. The number of hydrogen-bond donors (Lipinski definition) is 2. The van der Waals surface area contributed by atoms with Gasteiger partial charge in [-0.2, -0.15) is 4.98 Å². The van der Waals surface area contributed by atoms with Crippen LogP contribution in [0.4, 0.5) is 27.5 Å². The lowest BCUT2D eigenvalue weighted by Gasteiger charge is -2.35. The maximum absolute atomic E-state index is 14.3. The summed E-state index contributed by atoms with van der Waals surface area (Å²) in [6.07, 6.45) is 6.37. The van der Waals surface area contributed by atoms with Crippen molar-refractivity contribution < 1.29 is 4.39 Å². The third-order valence-electron chi connectivity index (χ3n) is 5.55. The summed E-state index contributed by atoms with van der Waals surface area (Å²) in [5.74, 6) is 1.84. The Hall–Kier alpha value is -2.57. The molecule has 2 N–H and O–H groups in total. The molecule has 2 aromatic rings. The van der Waals surface area contributed by atoms with Crippen molar-refractivity contribution >= 4 is 23.1 Å². The van der Waals surface area contributed by atoms with Gasteiger partial charge in [-0.25, -0.2) is 9.37 Å². The standard InChI is InChI=1S/C21H29FN6/c1-14(2)12-23-20-24-13-18-19(26-20)28(15-8-4-5-9-15)21(27(18)3)25-17-11-7-6-10-16(17)22/h6-7,10-11,13-15,21,25H,4-5,8-9,12H2,1-3H3,(H,23,24,26). The molecule has 1 aliphatic carbocycles. The van der Waals surface area contributed by atoms with Gasteiger partial charge in [-0.3, -0.25) is 0 Å². The van der Waals surface area contributed by atoms with Crippen LogP contribution in [0.1, 0.15) is 39.5 Å². The van der Waals surface area contributed by atoms with Crippen LogP contribution in [-0.2, 0) is 0 Å². The van der Waals surface area contributed by atoms with Gasteiger partial charge in [0.2, 0.25) is 5.95 Å². The Morgan fingerprint density at radius 2 is 1.96 bits per heavy atom. The van der Waals surface area contributed by atoms with Crippen LogP contribution in [0.15, 0.2) is 30.5 Å². The predicted octanol–water partition coefficient (Wildman–Crippen LogP) is 4.28. The Labute approximate surface area is 166 Å². The van der Waals surface area contributed by atoms with Gasteiger partial charge in [0.25, 0.3) is 0 Å². The molecule has 0 bridgehead atoms. The van der Waals surface area contributed by atoms with Gasteiger partial charge in [0.15, 0.2) is 12.1 Å². The van der Waals surface area contributed by atoms with Crippen molar-refractivity contribution in [3.8, 4) is 0 Å². The summed E-state index contributed by atoms with van der Waals surface area (Å²) in [6.45, 7) is 5.15. The summed E-state index contributed by atoms with van der Waals surface area (Å²) in [4.78, 5) is 13.8. The van der Waals surface area contributed by atoms with Gasteiger partial charge in [0, 0.05) is 19.6 Å². The lowest BCUT2D eigenvalue weighted by atomic mass is 10.2. The van der Waals surface area contributed by atoms with Crippen molar-refractivity contribution in [2.45, 2.75) is 51.9 Å². The van der Waals surface area contributed by atoms with E-state index in [4.69, 9.17) is 4.98 Å². The maximum Gasteiger partial charge on any atom is 0.224 e. The minimum absolute atomic E-state index is 0.190. The average molecular weight is 385 g/mol. The molecule has 1 saturated carbocycles. The Balaban J connectivity index is 1.67. The second-order valence-corrected chi connectivity index (χ2v) is 8.13. The molecule has 2 aliphatic rings. The summed E-state index contributed by atoms with van der Waals surface area (Å²) in [5.41, 5.74) is 1.47. The number of nitrogens with zero attached hydrogens (tertiary/aromatic N) is 4. The molecular weight excluding hydrogens is 355 g/mol. The third kappa shape index (κ3) is 3.57. The molecule has 2 heterocycles. The Kier molecular flexibility index (Phi) is 5.24. The molecule has 0 spiro atoms. The zero-order valence-electron chi connectivity index (χ0n) is 16.8. The molecular formula is C21H29FN6. The lowest BCUT2D eigenvalue weighted by molar-refractivity contribution is 0.546. The van der Waals surface area contributed by atoms with Crippen LogP contribution in [0.3, 0.4) is 0 Å². The molecule has 1 aliphatic heterocycles. The van der Waals surface area contributed by atoms with Gasteiger partial charge in [-0.1, -0.05) is 38.8 Å². The van der Waals surface area contributed by atoms with E-state index in [9.17, 15) is 4.39 Å². The van der Waals surface area contributed by atoms with Crippen LogP contribution in [0.2, 0.25) is 0 Å². The van der Waals surface area contributed by atoms with E-state index in [0.29, 0.717) is 23.6 Å². The number of nitrogens with one attached hydrogen (secondary N) is 2. The predicted molar refractivity (Wildman–Crippen MR) is 112 cm³/mol. The largest absolute Gasteiger partial charge is 0.354 e. The van der Waals surface area contributed by atoms with E-state index in [1.807, 2.05) is 19.3 Å². The van der Waals surface area contributed by atoms with Crippen molar-refractivity contribution in [3.05, 3.63) is 36.3 Å². The second-order valence-electron chi connectivity index (χ2n) is 8.13. The molecule has 150 valence electrons. The Morgan fingerprint density at radius 1 is 1.21 bits per heavy atom. The summed E-state index contributed by atoms with van der Waals surface area (Å²) in [7, 11) is 2.01. The highest BCUT2D eigenvalue weighted by Gasteiger charge is 2.40. The highest BCUT2D eigenvalue weighted by Crippen LogP contribution is 2.42. The van der Waals surface area contributed by atoms with E-state index in [2.05, 4.69) is 39.3 Å². The molecule has 1 aromatic heterocycles. The number of para-hydroxylation sites is 1. The van der Waals surface area contributed by atoms with E-state index in [1.54, 1.807) is 12.1 Å². The molecule has 6 nitrogen and oxygen atoms in total. The van der Waals surface area contributed by atoms with Crippen LogP contribution in [0.25, 0.3) is 0 Å². The molecule has 1 fully saturated rings. The topological polar surface area (TPSA) is 56.3 Å². The monoisotopic (exact) mass is 384 g/mol. The van der Waals surface area contributed by atoms with Crippen molar-refractivity contribution in [1.82, 2.24) is 9.97 Å². The fourth-order valence-corrected chi connectivity index (χ4v) is 4.06. The number of benzene rings is 1. The molecule has 0 radical (unpaired) electrons. The van der Waals surface area contributed by atoms with E-state index in [1.165, 1.54) is 18.9 Å². The second kappa shape index (κ2) is 7.81. The molecule has 1 aromatic carbocycles. The minimum Gasteiger partial charge on any atom is -0.354 e. The van der Waals surface area contributed by atoms with Crippen LogP contribution in [-0.4, -0.2) is 35.9 Å². The van der Waals surface area contributed by atoms with E-state index >= 15 is 0 Å². The van der Waals surface area contributed by atoms with Crippen molar-refractivity contribution in [2.24, 2.45) is 5.92 Å². The van der Waals surface area contributed by atoms with Gasteiger partial charge in [0.05, 0.1) is 11.9 Å². The normalized spacial score (nSPS) is 19.4. The van der Waals surface area contributed by atoms with Crippen molar-refractivity contribution in [3.63, 3.8) is 0 Å². The van der Waals surface area contributed by atoms with Crippen LogP contribution < -0.4 is 20.4 Å². The molecule has 0 amide bonds. The minimum atomic E-state index is -0.247. The van der Waals surface area contributed by atoms with E-state index < -0.39 is 0 Å². The lowest BCUT2D eigenvalue weighted by Crippen LogP contribution is -2.51. The number of rotatable bonds is 6. The highest BCUT2D eigenvalue weighted by atomic mass is 19.1. The first-order valence-electron chi connectivity index (χ1n) is 10.2. The number of halogens is 1. The van der Waals surface area contributed by atoms with Gasteiger partial charge in [0.1, 0.15) is 11.5 Å². The third-order valence-corrected chi connectivity index (χ3v) is 5.55. The zero-order chi connectivity index (χ0) is 19.7. The first-order chi connectivity index (χ1) is 13.5. The zero-order valence-corrected chi connectivity index (χ0v) is 16.8. The van der Waals surface area contributed by atoms with Crippen LogP contribution >= 0.6 is 0 Å². The SMILES string of the molecule is CC(C)CNc1ncc2c(n1)N(C1CCCC1)C(Nc1ccccc1F)N2C. The van der Waals surface area contributed by atoms with Gasteiger partial charge >= 0.3 is 0 Å². The summed E-state index contributed by atoms with van der Waals surface area (Å²) < 4.78 is 14.3.